The molecule has 0 aliphatic carbocycles. The zero-order valence-corrected chi connectivity index (χ0v) is 15.8. The molecule has 0 fully saturated rings. The third-order valence-corrected chi connectivity index (χ3v) is 5.12. The van der Waals surface area contributed by atoms with Gasteiger partial charge < -0.3 is 14.4 Å². The summed E-state index contributed by atoms with van der Waals surface area (Å²) in [7, 11) is 3.77. The molecule has 27 heavy (non-hydrogen) atoms. The van der Waals surface area contributed by atoms with Crippen molar-refractivity contribution < 1.29 is 9.47 Å². The first kappa shape index (κ1) is 17.6. The molecular formula is C23H24N2O2. The van der Waals surface area contributed by atoms with Crippen molar-refractivity contribution in [3.05, 3.63) is 78.1 Å². The van der Waals surface area contributed by atoms with Crippen LogP contribution in [0.1, 0.15) is 17.2 Å². The van der Waals surface area contributed by atoms with Gasteiger partial charge in [-0.15, -0.1) is 0 Å². The summed E-state index contributed by atoms with van der Waals surface area (Å²) in [5.41, 5.74) is 5.99. The predicted molar refractivity (Wildman–Crippen MR) is 108 cm³/mol. The molecule has 4 heteroatoms. The van der Waals surface area contributed by atoms with Crippen molar-refractivity contribution in [3.63, 3.8) is 0 Å². The number of aromatic nitrogens is 1. The number of likely N-dealkylation sites (N-methyl/N-ethyl adjacent to an activating group) is 1. The first-order chi connectivity index (χ1) is 13.2. The van der Waals surface area contributed by atoms with Gasteiger partial charge >= 0.3 is 0 Å². The minimum Gasteiger partial charge on any atom is -0.497 e. The molecule has 0 saturated carbocycles. The lowest BCUT2D eigenvalue weighted by atomic mass is 9.97. The topological polar surface area (TPSA) is 34.6 Å². The van der Waals surface area contributed by atoms with E-state index >= 15 is 0 Å². The monoisotopic (exact) mass is 360 g/mol. The maximum Gasteiger partial charge on any atom is 0.118 e. The standard InChI is InChI=1S/C23H24N2O2/c1-25(16-23-22-6-4-3-5-18(22)11-12-27-23)20-13-19(14-24-15-20)17-7-9-21(26-2)10-8-17/h3-10,13-15,23H,11-12,16H2,1-2H3. The number of hydrogen-bond acceptors (Lipinski definition) is 4. The molecule has 1 aliphatic rings. The van der Waals surface area contributed by atoms with Gasteiger partial charge in [-0.1, -0.05) is 36.4 Å². The van der Waals surface area contributed by atoms with Gasteiger partial charge in [-0.2, -0.15) is 0 Å². The Kier molecular flexibility index (Phi) is 5.07. The summed E-state index contributed by atoms with van der Waals surface area (Å²) in [5, 5.41) is 0. The number of nitrogens with zero attached hydrogens (tertiary/aromatic N) is 2. The molecule has 2 aromatic carbocycles. The third kappa shape index (κ3) is 3.81. The number of ether oxygens (including phenoxy) is 2. The van der Waals surface area contributed by atoms with Crippen molar-refractivity contribution in [1.82, 2.24) is 4.98 Å². The summed E-state index contributed by atoms with van der Waals surface area (Å²) in [6, 6.07) is 18.8. The van der Waals surface area contributed by atoms with Crippen LogP contribution in [0.5, 0.6) is 5.75 Å². The maximum absolute atomic E-state index is 6.06. The normalized spacial score (nSPS) is 15.9. The first-order valence-corrected chi connectivity index (χ1v) is 9.24. The van der Waals surface area contributed by atoms with Gasteiger partial charge in [0.2, 0.25) is 0 Å². The van der Waals surface area contributed by atoms with Crippen LogP contribution in [0, 0.1) is 0 Å². The highest BCUT2D eigenvalue weighted by Crippen LogP contribution is 2.30. The van der Waals surface area contributed by atoms with E-state index in [2.05, 4.69) is 59.4 Å². The van der Waals surface area contributed by atoms with E-state index < -0.39 is 0 Å². The summed E-state index contributed by atoms with van der Waals surface area (Å²) in [6.45, 7) is 1.57. The van der Waals surface area contributed by atoms with Crippen molar-refractivity contribution in [2.45, 2.75) is 12.5 Å². The molecule has 0 radical (unpaired) electrons. The zero-order valence-electron chi connectivity index (χ0n) is 15.8. The molecule has 1 atom stereocenters. The second kappa shape index (κ2) is 7.80. The summed E-state index contributed by atoms with van der Waals surface area (Å²) in [5.74, 6) is 0.855. The van der Waals surface area contributed by atoms with Crippen molar-refractivity contribution in [2.24, 2.45) is 0 Å². The molecule has 138 valence electrons. The Bertz CT molecular complexity index is 908. The minimum atomic E-state index is 0.0876. The molecule has 4 rings (SSSR count). The molecule has 2 heterocycles. The number of anilines is 1. The number of fused-ring (bicyclic) bond motifs is 1. The molecule has 0 bridgehead atoms. The van der Waals surface area contributed by atoms with Gasteiger partial charge in [-0.25, -0.2) is 0 Å². The third-order valence-electron chi connectivity index (χ3n) is 5.12. The van der Waals surface area contributed by atoms with Crippen molar-refractivity contribution in [1.29, 1.82) is 0 Å². The molecule has 1 aromatic heterocycles. The Morgan fingerprint density at radius 2 is 1.89 bits per heavy atom. The average molecular weight is 360 g/mol. The number of rotatable bonds is 5. The van der Waals surface area contributed by atoms with Crippen LogP contribution in [0.25, 0.3) is 11.1 Å². The van der Waals surface area contributed by atoms with Gasteiger partial charge in [0, 0.05) is 25.4 Å². The highest BCUT2D eigenvalue weighted by molar-refractivity contribution is 5.67. The maximum atomic E-state index is 6.06. The van der Waals surface area contributed by atoms with E-state index in [4.69, 9.17) is 9.47 Å². The van der Waals surface area contributed by atoms with E-state index in [1.807, 2.05) is 24.5 Å². The summed E-state index contributed by atoms with van der Waals surface area (Å²) in [4.78, 5) is 6.66. The fourth-order valence-electron chi connectivity index (χ4n) is 3.56. The van der Waals surface area contributed by atoms with Crippen LogP contribution in [0.4, 0.5) is 5.69 Å². The number of pyridine rings is 1. The lowest BCUT2D eigenvalue weighted by Gasteiger charge is -2.30. The van der Waals surface area contributed by atoms with Gasteiger partial charge in [-0.05, 0) is 41.3 Å². The zero-order chi connectivity index (χ0) is 18.6. The van der Waals surface area contributed by atoms with E-state index in [-0.39, 0.29) is 6.10 Å². The van der Waals surface area contributed by atoms with E-state index in [1.165, 1.54) is 11.1 Å². The fraction of sp³-hybridized carbons (Fsp3) is 0.261. The van der Waals surface area contributed by atoms with E-state index in [0.29, 0.717) is 0 Å². The van der Waals surface area contributed by atoms with Crippen LogP contribution in [-0.2, 0) is 11.2 Å². The van der Waals surface area contributed by atoms with Gasteiger partial charge in [0.25, 0.3) is 0 Å². The largest absolute Gasteiger partial charge is 0.497 e. The number of methoxy groups -OCH3 is 1. The molecule has 0 N–H and O–H groups in total. The summed E-state index contributed by atoms with van der Waals surface area (Å²) >= 11 is 0. The number of hydrogen-bond donors (Lipinski definition) is 0. The molecule has 0 saturated heterocycles. The Balaban J connectivity index is 1.53. The van der Waals surface area contributed by atoms with Crippen molar-refractivity contribution in [3.8, 4) is 16.9 Å². The van der Waals surface area contributed by atoms with Crippen LogP contribution >= 0.6 is 0 Å². The summed E-state index contributed by atoms with van der Waals surface area (Å²) in [6.07, 6.45) is 4.88. The smallest absolute Gasteiger partial charge is 0.118 e. The quantitative estimate of drug-likeness (QED) is 0.671. The Labute approximate surface area is 160 Å². The second-order valence-corrected chi connectivity index (χ2v) is 6.85. The van der Waals surface area contributed by atoms with Crippen molar-refractivity contribution >= 4 is 5.69 Å². The minimum absolute atomic E-state index is 0.0876. The Morgan fingerprint density at radius 3 is 2.70 bits per heavy atom. The lowest BCUT2D eigenvalue weighted by molar-refractivity contribution is 0.0478. The average Bonchev–Trinajstić information content (AvgIpc) is 2.74. The Morgan fingerprint density at radius 1 is 1.07 bits per heavy atom. The fourth-order valence-corrected chi connectivity index (χ4v) is 3.56. The Hall–Kier alpha value is -2.85. The SMILES string of the molecule is COc1ccc(-c2cncc(N(C)CC3OCCc4ccccc43)c2)cc1. The van der Waals surface area contributed by atoms with Crippen LogP contribution in [0.2, 0.25) is 0 Å². The lowest BCUT2D eigenvalue weighted by Crippen LogP contribution is -2.29. The van der Waals surface area contributed by atoms with Gasteiger partial charge in [-0.3, -0.25) is 4.98 Å². The van der Waals surface area contributed by atoms with Crippen LogP contribution in [0.15, 0.2) is 67.0 Å². The van der Waals surface area contributed by atoms with Crippen LogP contribution < -0.4 is 9.64 Å². The molecule has 3 aromatic rings. The predicted octanol–water partition coefficient (Wildman–Crippen LogP) is 4.51. The first-order valence-electron chi connectivity index (χ1n) is 9.24. The van der Waals surface area contributed by atoms with E-state index in [9.17, 15) is 0 Å². The molecule has 4 nitrogen and oxygen atoms in total. The van der Waals surface area contributed by atoms with Crippen molar-refractivity contribution in [2.75, 3.05) is 32.2 Å². The summed E-state index contributed by atoms with van der Waals surface area (Å²) < 4.78 is 11.3. The van der Waals surface area contributed by atoms with Crippen LogP contribution in [-0.4, -0.2) is 32.3 Å². The van der Waals surface area contributed by atoms with E-state index in [0.717, 1.165) is 42.1 Å². The van der Waals surface area contributed by atoms with Gasteiger partial charge in [0.15, 0.2) is 0 Å². The van der Waals surface area contributed by atoms with Gasteiger partial charge in [0.1, 0.15) is 11.9 Å². The molecule has 0 amide bonds. The molecule has 1 aliphatic heterocycles. The number of benzene rings is 2. The molecule has 1 unspecified atom stereocenters. The molecular weight excluding hydrogens is 336 g/mol. The van der Waals surface area contributed by atoms with Gasteiger partial charge in [0.05, 0.1) is 25.6 Å². The van der Waals surface area contributed by atoms with E-state index in [1.54, 1.807) is 7.11 Å². The van der Waals surface area contributed by atoms with Crippen LogP contribution in [0.3, 0.4) is 0 Å². The second-order valence-electron chi connectivity index (χ2n) is 6.85. The molecule has 0 spiro atoms. The highest BCUT2D eigenvalue weighted by atomic mass is 16.5. The highest BCUT2D eigenvalue weighted by Gasteiger charge is 2.22.